The Balaban J connectivity index is 1.53. The van der Waals surface area contributed by atoms with Gasteiger partial charge < -0.3 is 14.4 Å². The van der Waals surface area contributed by atoms with Gasteiger partial charge in [-0.25, -0.2) is 9.97 Å². The lowest BCUT2D eigenvalue weighted by molar-refractivity contribution is 0.0737. The number of aryl methyl sites for hydroxylation is 2. The summed E-state index contributed by atoms with van der Waals surface area (Å²) in [4.78, 5) is 25.6. The van der Waals surface area contributed by atoms with E-state index in [4.69, 9.17) is 0 Å². The van der Waals surface area contributed by atoms with Crippen molar-refractivity contribution in [1.29, 1.82) is 0 Å². The number of carbonyl (C=O) groups excluding carboxylic acids is 1. The molecule has 0 aliphatic carbocycles. The fourth-order valence-electron chi connectivity index (χ4n) is 3.44. The summed E-state index contributed by atoms with van der Waals surface area (Å²) >= 11 is 0. The molecule has 4 rings (SSSR count). The lowest BCUT2D eigenvalue weighted by atomic mass is 10.1. The second-order valence-corrected chi connectivity index (χ2v) is 6.42. The van der Waals surface area contributed by atoms with Crippen LogP contribution in [0.4, 0.5) is 5.95 Å². The van der Waals surface area contributed by atoms with E-state index >= 15 is 0 Å². The first kappa shape index (κ1) is 15.6. The Kier molecular flexibility index (Phi) is 3.87. The van der Waals surface area contributed by atoms with Gasteiger partial charge >= 0.3 is 0 Å². The lowest BCUT2D eigenvalue weighted by Crippen LogP contribution is -2.49. The third kappa shape index (κ3) is 2.73. The summed E-state index contributed by atoms with van der Waals surface area (Å²) in [5.74, 6) is 0.821. The largest absolute Gasteiger partial charge is 0.340 e. The molecule has 3 aromatic rings. The first-order valence-corrected chi connectivity index (χ1v) is 8.51. The van der Waals surface area contributed by atoms with E-state index in [2.05, 4.69) is 33.9 Å². The molecule has 1 saturated heterocycles. The van der Waals surface area contributed by atoms with Gasteiger partial charge in [0, 0.05) is 56.5 Å². The third-order valence-electron chi connectivity index (χ3n) is 4.93. The molecule has 0 saturated carbocycles. The zero-order chi connectivity index (χ0) is 17.4. The van der Waals surface area contributed by atoms with Gasteiger partial charge in [-0.3, -0.25) is 4.79 Å². The molecular weight excluding hydrogens is 314 g/mol. The number of benzene rings is 1. The average molecular weight is 335 g/mol. The van der Waals surface area contributed by atoms with E-state index in [1.165, 1.54) is 5.56 Å². The molecule has 2 aromatic heterocycles. The van der Waals surface area contributed by atoms with Crippen LogP contribution in [0.1, 0.15) is 16.1 Å². The van der Waals surface area contributed by atoms with Gasteiger partial charge in [-0.05, 0) is 30.7 Å². The van der Waals surface area contributed by atoms with E-state index in [0.717, 1.165) is 35.6 Å². The molecule has 1 fully saturated rings. The van der Waals surface area contributed by atoms with E-state index in [0.29, 0.717) is 13.1 Å². The minimum atomic E-state index is 0.0896. The van der Waals surface area contributed by atoms with Gasteiger partial charge in [-0.1, -0.05) is 12.1 Å². The molecule has 1 aliphatic heterocycles. The molecule has 0 bridgehead atoms. The maximum Gasteiger partial charge on any atom is 0.270 e. The molecule has 6 nitrogen and oxygen atoms in total. The molecule has 128 valence electrons. The van der Waals surface area contributed by atoms with Crippen molar-refractivity contribution in [2.75, 3.05) is 31.1 Å². The van der Waals surface area contributed by atoms with E-state index in [1.54, 1.807) is 12.4 Å². The van der Waals surface area contributed by atoms with Gasteiger partial charge in [-0.15, -0.1) is 0 Å². The molecule has 1 aromatic carbocycles. The van der Waals surface area contributed by atoms with Crippen molar-refractivity contribution < 1.29 is 4.79 Å². The van der Waals surface area contributed by atoms with Crippen molar-refractivity contribution >= 4 is 22.8 Å². The second-order valence-electron chi connectivity index (χ2n) is 6.42. The number of amides is 1. The molecule has 3 heterocycles. The fourth-order valence-corrected chi connectivity index (χ4v) is 3.44. The lowest BCUT2D eigenvalue weighted by Gasteiger charge is -2.34. The quantitative estimate of drug-likeness (QED) is 0.721. The van der Waals surface area contributed by atoms with Crippen molar-refractivity contribution in [3.8, 4) is 0 Å². The van der Waals surface area contributed by atoms with E-state index in [-0.39, 0.29) is 5.91 Å². The summed E-state index contributed by atoms with van der Waals surface area (Å²) in [6.07, 6.45) is 3.50. The van der Waals surface area contributed by atoms with E-state index in [9.17, 15) is 4.79 Å². The van der Waals surface area contributed by atoms with Gasteiger partial charge in [0.2, 0.25) is 5.95 Å². The van der Waals surface area contributed by atoms with Crippen LogP contribution in [0.25, 0.3) is 10.9 Å². The summed E-state index contributed by atoms with van der Waals surface area (Å²) < 4.78 is 2.00. The number of piperazine rings is 1. The van der Waals surface area contributed by atoms with Gasteiger partial charge in [0.15, 0.2) is 0 Å². The Bertz CT molecular complexity index is 910. The summed E-state index contributed by atoms with van der Waals surface area (Å²) in [5, 5.41) is 1.14. The van der Waals surface area contributed by atoms with Crippen molar-refractivity contribution in [3.63, 3.8) is 0 Å². The zero-order valence-electron chi connectivity index (χ0n) is 14.5. The third-order valence-corrected chi connectivity index (χ3v) is 4.93. The minimum Gasteiger partial charge on any atom is -0.340 e. The Labute approximate surface area is 146 Å². The van der Waals surface area contributed by atoms with Crippen LogP contribution in [0.5, 0.6) is 0 Å². The van der Waals surface area contributed by atoms with Crippen LogP contribution in [-0.4, -0.2) is 51.5 Å². The first-order valence-electron chi connectivity index (χ1n) is 8.51. The molecule has 0 spiro atoms. The monoisotopic (exact) mass is 335 g/mol. The molecule has 0 N–H and O–H groups in total. The Morgan fingerprint density at radius 2 is 1.76 bits per heavy atom. The maximum absolute atomic E-state index is 13.0. The highest BCUT2D eigenvalue weighted by atomic mass is 16.2. The Hall–Kier alpha value is -2.89. The SMILES string of the molecule is Cc1cccc2c1cc(C(=O)N1CCN(c3ncccn3)CC1)n2C. The minimum absolute atomic E-state index is 0.0896. The van der Waals surface area contributed by atoms with Crippen LogP contribution in [0.3, 0.4) is 0 Å². The Morgan fingerprint density at radius 1 is 1.04 bits per heavy atom. The van der Waals surface area contributed by atoms with Crippen LogP contribution >= 0.6 is 0 Å². The summed E-state index contributed by atoms with van der Waals surface area (Å²) in [6.45, 7) is 4.93. The maximum atomic E-state index is 13.0. The summed E-state index contributed by atoms with van der Waals surface area (Å²) in [5.41, 5.74) is 3.03. The number of aromatic nitrogens is 3. The fraction of sp³-hybridized carbons (Fsp3) is 0.316. The molecule has 6 heteroatoms. The smallest absolute Gasteiger partial charge is 0.270 e. The molecule has 1 aliphatic rings. The van der Waals surface area contributed by atoms with Crippen molar-refractivity contribution in [2.45, 2.75) is 6.92 Å². The van der Waals surface area contributed by atoms with Crippen LogP contribution in [0.2, 0.25) is 0 Å². The van der Waals surface area contributed by atoms with E-state index in [1.807, 2.05) is 34.7 Å². The number of nitrogens with zero attached hydrogens (tertiary/aromatic N) is 5. The standard InChI is InChI=1S/C19H21N5O/c1-14-5-3-6-16-15(14)13-17(22(16)2)18(25)23-9-11-24(12-10-23)19-20-7-4-8-21-19/h3-8,13H,9-12H2,1-2H3. The number of rotatable bonds is 2. The molecule has 0 unspecified atom stereocenters. The summed E-state index contributed by atoms with van der Waals surface area (Å²) in [7, 11) is 1.96. The van der Waals surface area contributed by atoms with Crippen molar-refractivity contribution in [1.82, 2.24) is 19.4 Å². The molecule has 25 heavy (non-hydrogen) atoms. The number of hydrogen-bond acceptors (Lipinski definition) is 4. The highest BCUT2D eigenvalue weighted by molar-refractivity contribution is 5.99. The van der Waals surface area contributed by atoms with Crippen LogP contribution in [0, 0.1) is 6.92 Å². The van der Waals surface area contributed by atoms with Gasteiger partial charge in [-0.2, -0.15) is 0 Å². The number of fused-ring (bicyclic) bond motifs is 1. The van der Waals surface area contributed by atoms with Crippen molar-refractivity contribution in [3.05, 3.63) is 54.0 Å². The number of carbonyl (C=O) groups is 1. The van der Waals surface area contributed by atoms with Crippen LogP contribution < -0.4 is 4.90 Å². The van der Waals surface area contributed by atoms with Crippen molar-refractivity contribution in [2.24, 2.45) is 7.05 Å². The highest BCUT2D eigenvalue weighted by Crippen LogP contribution is 2.23. The van der Waals surface area contributed by atoms with Gasteiger partial charge in [0.25, 0.3) is 5.91 Å². The topological polar surface area (TPSA) is 54.3 Å². The predicted molar refractivity (Wildman–Crippen MR) is 97.8 cm³/mol. The predicted octanol–water partition coefficient (Wildman–Crippen LogP) is 2.24. The van der Waals surface area contributed by atoms with E-state index < -0.39 is 0 Å². The number of hydrogen-bond donors (Lipinski definition) is 0. The average Bonchev–Trinajstić information content (AvgIpc) is 3.00. The Morgan fingerprint density at radius 3 is 2.44 bits per heavy atom. The van der Waals surface area contributed by atoms with Gasteiger partial charge in [0.1, 0.15) is 5.69 Å². The molecular formula is C19H21N5O. The summed E-state index contributed by atoms with van der Waals surface area (Å²) in [6, 6.07) is 9.99. The van der Waals surface area contributed by atoms with Gasteiger partial charge in [0.05, 0.1) is 0 Å². The second kappa shape index (κ2) is 6.20. The highest BCUT2D eigenvalue weighted by Gasteiger charge is 2.25. The number of anilines is 1. The first-order chi connectivity index (χ1) is 12.1. The molecule has 0 radical (unpaired) electrons. The normalized spacial score (nSPS) is 15.0. The van der Waals surface area contributed by atoms with Crippen LogP contribution in [-0.2, 0) is 7.05 Å². The molecule has 1 amide bonds. The van der Waals surface area contributed by atoms with Crippen LogP contribution in [0.15, 0.2) is 42.7 Å². The molecule has 0 atom stereocenters. The zero-order valence-corrected chi connectivity index (χ0v) is 14.5.